The average Bonchev–Trinajstić information content (AvgIpc) is 3.49. The summed E-state index contributed by atoms with van der Waals surface area (Å²) in [6.45, 7) is 2.70. The van der Waals surface area contributed by atoms with E-state index < -0.39 is 5.63 Å². The standard InChI is InChI=1S/C28H21N3O4/c1-18-7-9-22(10-8-18)33-16-21-15-31(30-29-21)14-20-11-28(32)35-27-13-26-24(12-23(20)27)25(17-34-26)19-5-3-2-4-6-19/h2-13,15,17H,14,16H2,1H3. The first-order chi connectivity index (χ1) is 17.1. The third-order valence-electron chi connectivity index (χ3n) is 5.94. The lowest BCUT2D eigenvalue weighted by atomic mass is 10.0. The number of hydrogen-bond acceptors (Lipinski definition) is 6. The number of ether oxygens (including phenoxy) is 1. The quantitative estimate of drug-likeness (QED) is 0.293. The number of aromatic nitrogens is 3. The lowest BCUT2D eigenvalue weighted by Gasteiger charge is -2.06. The van der Waals surface area contributed by atoms with Crippen LogP contribution >= 0.6 is 0 Å². The van der Waals surface area contributed by atoms with E-state index in [4.69, 9.17) is 13.6 Å². The zero-order valence-corrected chi connectivity index (χ0v) is 19.0. The van der Waals surface area contributed by atoms with Crippen LogP contribution in [0.15, 0.2) is 98.9 Å². The van der Waals surface area contributed by atoms with Gasteiger partial charge in [-0.15, -0.1) is 5.10 Å². The van der Waals surface area contributed by atoms with E-state index in [1.54, 1.807) is 17.0 Å². The molecule has 0 amide bonds. The number of hydrogen-bond donors (Lipinski definition) is 0. The molecule has 0 aliphatic heterocycles. The second-order valence-corrected chi connectivity index (χ2v) is 8.46. The van der Waals surface area contributed by atoms with Gasteiger partial charge >= 0.3 is 5.63 Å². The first-order valence-electron chi connectivity index (χ1n) is 11.2. The SMILES string of the molecule is Cc1ccc(OCc2cn(Cc3cc(=O)oc4cc5occ(-c6ccccc6)c5cc34)nn2)cc1. The zero-order chi connectivity index (χ0) is 23.8. The van der Waals surface area contributed by atoms with Crippen molar-refractivity contribution in [3.05, 3.63) is 112 Å². The minimum Gasteiger partial charge on any atom is -0.487 e. The fourth-order valence-corrected chi connectivity index (χ4v) is 4.17. The summed E-state index contributed by atoms with van der Waals surface area (Å²) in [6.07, 6.45) is 3.55. The Morgan fingerprint density at radius 2 is 1.77 bits per heavy atom. The molecule has 3 aromatic heterocycles. The summed E-state index contributed by atoms with van der Waals surface area (Å²) >= 11 is 0. The van der Waals surface area contributed by atoms with Crippen LogP contribution in [0.2, 0.25) is 0 Å². The molecular formula is C28H21N3O4. The molecule has 0 radical (unpaired) electrons. The van der Waals surface area contributed by atoms with Gasteiger partial charge in [0.15, 0.2) is 0 Å². The van der Waals surface area contributed by atoms with Crippen molar-refractivity contribution >= 4 is 21.9 Å². The highest BCUT2D eigenvalue weighted by Gasteiger charge is 2.14. The van der Waals surface area contributed by atoms with Crippen LogP contribution in [-0.4, -0.2) is 15.0 Å². The molecule has 0 saturated heterocycles. The van der Waals surface area contributed by atoms with Crippen LogP contribution < -0.4 is 10.4 Å². The molecule has 0 bridgehead atoms. The van der Waals surface area contributed by atoms with Gasteiger partial charge in [0.05, 0.1) is 19.0 Å². The molecule has 7 heteroatoms. The van der Waals surface area contributed by atoms with Crippen LogP contribution in [-0.2, 0) is 13.2 Å². The Hall–Kier alpha value is -4.65. The maximum atomic E-state index is 12.3. The Labute approximate surface area is 200 Å². The molecule has 3 aromatic carbocycles. The molecule has 172 valence electrons. The normalized spacial score (nSPS) is 11.3. The minimum atomic E-state index is -0.426. The van der Waals surface area contributed by atoms with E-state index in [0.29, 0.717) is 30.0 Å². The van der Waals surface area contributed by atoms with Crippen molar-refractivity contribution in [3.8, 4) is 16.9 Å². The monoisotopic (exact) mass is 463 g/mol. The zero-order valence-electron chi connectivity index (χ0n) is 19.0. The predicted molar refractivity (Wildman–Crippen MR) is 132 cm³/mol. The molecule has 0 atom stereocenters. The molecule has 0 saturated carbocycles. The maximum Gasteiger partial charge on any atom is 0.336 e. The van der Waals surface area contributed by atoms with E-state index in [2.05, 4.69) is 10.3 Å². The number of aryl methyl sites for hydroxylation is 1. The van der Waals surface area contributed by atoms with Crippen molar-refractivity contribution in [2.24, 2.45) is 0 Å². The maximum absolute atomic E-state index is 12.3. The lowest BCUT2D eigenvalue weighted by Crippen LogP contribution is -2.06. The molecule has 0 N–H and O–H groups in total. The fraction of sp³-hybridized carbons (Fsp3) is 0.107. The molecule has 7 nitrogen and oxygen atoms in total. The lowest BCUT2D eigenvalue weighted by molar-refractivity contribution is 0.301. The summed E-state index contributed by atoms with van der Waals surface area (Å²) < 4.78 is 18.8. The van der Waals surface area contributed by atoms with Crippen molar-refractivity contribution in [2.45, 2.75) is 20.1 Å². The Kier molecular flexibility index (Phi) is 5.15. The Morgan fingerprint density at radius 1 is 0.943 bits per heavy atom. The van der Waals surface area contributed by atoms with Crippen LogP contribution in [0.4, 0.5) is 0 Å². The van der Waals surface area contributed by atoms with Gasteiger partial charge in [0.2, 0.25) is 0 Å². The van der Waals surface area contributed by atoms with Gasteiger partial charge < -0.3 is 13.6 Å². The van der Waals surface area contributed by atoms with Crippen LogP contribution in [0.5, 0.6) is 5.75 Å². The van der Waals surface area contributed by atoms with E-state index in [0.717, 1.165) is 33.2 Å². The minimum absolute atomic E-state index is 0.302. The van der Waals surface area contributed by atoms with E-state index in [1.165, 1.54) is 11.6 Å². The first kappa shape index (κ1) is 20.9. The van der Waals surface area contributed by atoms with E-state index in [-0.39, 0.29) is 0 Å². The predicted octanol–water partition coefficient (Wildman–Crippen LogP) is 5.73. The highest BCUT2D eigenvalue weighted by Crippen LogP contribution is 2.34. The summed E-state index contributed by atoms with van der Waals surface area (Å²) in [5.74, 6) is 0.773. The van der Waals surface area contributed by atoms with Gasteiger partial charge in [0, 0.05) is 28.5 Å². The molecular weight excluding hydrogens is 442 g/mol. The summed E-state index contributed by atoms with van der Waals surface area (Å²) in [5.41, 5.74) is 5.40. The molecule has 6 rings (SSSR count). The average molecular weight is 463 g/mol. The van der Waals surface area contributed by atoms with Crippen molar-refractivity contribution in [3.63, 3.8) is 0 Å². The van der Waals surface area contributed by atoms with Crippen molar-refractivity contribution in [1.82, 2.24) is 15.0 Å². The topological polar surface area (TPSA) is 83.3 Å². The highest BCUT2D eigenvalue weighted by atomic mass is 16.5. The van der Waals surface area contributed by atoms with Crippen LogP contribution in [0.25, 0.3) is 33.1 Å². The van der Waals surface area contributed by atoms with Gasteiger partial charge in [-0.2, -0.15) is 0 Å². The van der Waals surface area contributed by atoms with Gasteiger partial charge in [-0.3, -0.25) is 0 Å². The summed E-state index contributed by atoms with van der Waals surface area (Å²) in [6, 6.07) is 23.2. The largest absolute Gasteiger partial charge is 0.487 e. The summed E-state index contributed by atoms with van der Waals surface area (Å²) in [5, 5.41) is 10.2. The molecule has 0 spiro atoms. The van der Waals surface area contributed by atoms with Gasteiger partial charge in [0.25, 0.3) is 0 Å². The van der Waals surface area contributed by atoms with Crippen molar-refractivity contribution in [1.29, 1.82) is 0 Å². The van der Waals surface area contributed by atoms with E-state index in [9.17, 15) is 4.79 Å². The van der Waals surface area contributed by atoms with Crippen LogP contribution in [0, 0.1) is 6.92 Å². The van der Waals surface area contributed by atoms with Gasteiger partial charge in [-0.05, 0) is 36.2 Å². The first-order valence-corrected chi connectivity index (χ1v) is 11.2. The highest BCUT2D eigenvalue weighted by molar-refractivity contribution is 6.02. The third kappa shape index (κ3) is 4.19. The summed E-state index contributed by atoms with van der Waals surface area (Å²) in [7, 11) is 0. The van der Waals surface area contributed by atoms with Crippen LogP contribution in [0.3, 0.4) is 0 Å². The van der Waals surface area contributed by atoms with E-state index >= 15 is 0 Å². The Morgan fingerprint density at radius 3 is 2.60 bits per heavy atom. The molecule has 35 heavy (non-hydrogen) atoms. The van der Waals surface area contributed by atoms with Gasteiger partial charge in [-0.1, -0.05) is 53.2 Å². The summed E-state index contributed by atoms with van der Waals surface area (Å²) in [4.78, 5) is 12.3. The molecule has 6 aromatic rings. The Balaban J connectivity index is 1.32. The third-order valence-corrected chi connectivity index (χ3v) is 5.94. The number of rotatable bonds is 6. The molecule has 3 heterocycles. The number of furan rings is 1. The molecule has 0 fully saturated rings. The second-order valence-electron chi connectivity index (χ2n) is 8.46. The number of benzene rings is 3. The smallest absolute Gasteiger partial charge is 0.336 e. The van der Waals surface area contributed by atoms with Gasteiger partial charge in [-0.25, -0.2) is 9.48 Å². The molecule has 0 aliphatic carbocycles. The van der Waals surface area contributed by atoms with Crippen molar-refractivity contribution in [2.75, 3.05) is 0 Å². The Bertz CT molecular complexity index is 1700. The second kappa shape index (κ2) is 8.61. The van der Waals surface area contributed by atoms with Crippen LogP contribution in [0.1, 0.15) is 16.8 Å². The van der Waals surface area contributed by atoms with Crippen molar-refractivity contribution < 1.29 is 13.6 Å². The number of fused-ring (bicyclic) bond motifs is 2. The number of nitrogens with zero attached hydrogens (tertiary/aromatic N) is 3. The van der Waals surface area contributed by atoms with Gasteiger partial charge in [0.1, 0.15) is 29.2 Å². The fourth-order valence-electron chi connectivity index (χ4n) is 4.17. The molecule has 0 aliphatic rings. The van der Waals surface area contributed by atoms with E-state index in [1.807, 2.05) is 73.8 Å². The molecule has 0 unspecified atom stereocenters.